The molecule has 0 aliphatic heterocycles. The Morgan fingerprint density at radius 3 is 2.50 bits per heavy atom. The lowest BCUT2D eigenvalue weighted by atomic mass is 9.99. The van der Waals surface area contributed by atoms with Crippen molar-refractivity contribution >= 4 is 12.0 Å². The molecule has 2 N–H and O–H groups in total. The molecule has 0 unspecified atom stereocenters. The standard InChI is InChI=1S/C11H18N2O3/c1-5-8-13(4)10(16)12-11(2,3)7-6-9(14)15/h1H,6-8H2,2-4H3,(H,12,16)(H,14,15). The summed E-state index contributed by atoms with van der Waals surface area (Å²) < 4.78 is 0. The Morgan fingerprint density at radius 1 is 1.50 bits per heavy atom. The van der Waals surface area contributed by atoms with Crippen molar-refractivity contribution < 1.29 is 14.7 Å². The van der Waals surface area contributed by atoms with Gasteiger partial charge in [0.2, 0.25) is 0 Å². The molecular weight excluding hydrogens is 208 g/mol. The Bertz CT molecular complexity index is 305. The number of rotatable bonds is 5. The Balaban J connectivity index is 4.20. The van der Waals surface area contributed by atoms with E-state index in [9.17, 15) is 9.59 Å². The zero-order valence-electron chi connectivity index (χ0n) is 9.91. The Hall–Kier alpha value is -1.70. The van der Waals surface area contributed by atoms with Gasteiger partial charge in [-0.05, 0) is 20.3 Å². The third-order valence-electron chi connectivity index (χ3n) is 2.08. The fourth-order valence-electron chi connectivity index (χ4n) is 1.08. The van der Waals surface area contributed by atoms with Crippen molar-refractivity contribution in [1.82, 2.24) is 10.2 Å². The number of carbonyl (C=O) groups excluding carboxylic acids is 1. The number of nitrogens with one attached hydrogen (secondary N) is 1. The van der Waals surface area contributed by atoms with Gasteiger partial charge in [0.05, 0.1) is 6.54 Å². The van der Waals surface area contributed by atoms with Gasteiger partial charge in [0.15, 0.2) is 0 Å². The molecule has 0 bridgehead atoms. The molecule has 0 aromatic carbocycles. The predicted molar refractivity (Wildman–Crippen MR) is 60.9 cm³/mol. The molecule has 0 saturated heterocycles. The molecule has 16 heavy (non-hydrogen) atoms. The van der Waals surface area contributed by atoms with Crippen molar-refractivity contribution in [2.24, 2.45) is 0 Å². The van der Waals surface area contributed by atoms with E-state index in [-0.39, 0.29) is 19.0 Å². The van der Waals surface area contributed by atoms with E-state index >= 15 is 0 Å². The molecule has 5 nitrogen and oxygen atoms in total. The van der Waals surface area contributed by atoms with Crippen LogP contribution in [0.2, 0.25) is 0 Å². The molecule has 0 atom stereocenters. The predicted octanol–water partition coefficient (Wildman–Crippen LogP) is 0.904. The number of urea groups is 1. The van der Waals surface area contributed by atoms with Crippen LogP contribution >= 0.6 is 0 Å². The smallest absolute Gasteiger partial charge is 0.318 e. The number of nitrogens with zero attached hydrogens (tertiary/aromatic N) is 1. The summed E-state index contributed by atoms with van der Waals surface area (Å²) in [4.78, 5) is 23.3. The van der Waals surface area contributed by atoms with E-state index in [4.69, 9.17) is 11.5 Å². The van der Waals surface area contributed by atoms with E-state index in [0.29, 0.717) is 6.42 Å². The summed E-state index contributed by atoms with van der Waals surface area (Å²) >= 11 is 0. The number of carboxylic acid groups (broad SMARTS) is 1. The number of carbonyl (C=O) groups is 2. The fraction of sp³-hybridized carbons (Fsp3) is 0.636. The lowest BCUT2D eigenvalue weighted by Crippen LogP contribution is -2.49. The first-order valence-electron chi connectivity index (χ1n) is 4.97. The molecule has 0 aliphatic rings. The molecule has 5 heteroatoms. The minimum Gasteiger partial charge on any atom is -0.481 e. The van der Waals surface area contributed by atoms with Crippen molar-refractivity contribution in [3.8, 4) is 12.3 Å². The second-order valence-corrected chi connectivity index (χ2v) is 4.27. The minimum atomic E-state index is -0.876. The van der Waals surface area contributed by atoms with Crippen LogP contribution in [0.5, 0.6) is 0 Å². The number of terminal acetylenes is 1. The van der Waals surface area contributed by atoms with Crippen LogP contribution in [0.25, 0.3) is 0 Å². The number of carboxylic acids is 1. The molecule has 0 aromatic rings. The van der Waals surface area contributed by atoms with Crippen LogP contribution in [-0.4, -0.2) is 41.1 Å². The average Bonchev–Trinajstić information content (AvgIpc) is 2.14. The molecule has 0 aromatic heterocycles. The van der Waals surface area contributed by atoms with Gasteiger partial charge in [-0.1, -0.05) is 5.92 Å². The summed E-state index contributed by atoms with van der Waals surface area (Å²) in [7, 11) is 1.59. The summed E-state index contributed by atoms with van der Waals surface area (Å²) in [5.74, 6) is 1.48. The van der Waals surface area contributed by atoms with E-state index in [2.05, 4.69) is 11.2 Å². The molecule has 0 radical (unpaired) electrons. The maximum atomic E-state index is 11.6. The molecule has 2 amide bonds. The minimum absolute atomic E-state index is 0.0200. The second kappa shape index (κ2) is 6.01. The zero-order valence-corrected chi connectivity index (χ0v) is 9.91. The van der Waals surface area contributed by atoms with Crippen molar-refractivity contribution in [2.75, 3.05) is 13.6 Å². The number of hydrogen-bond donors (Lipinski definition) is 2. The van der Waals surface area contributed by atoms with Crippen molar-refractivity contribution in [1.29, 1.82) is 0 Å². The van der Waals surface area contributed by atoms with Crippen molar-refractivity contribution in [2.45, 2.75) is 32.2 Å². The van der Waals surface area contributed by atoms with Crippen LogP contribution in [0.15, 0.2) is 0 Å². The van der Waals surface area contributed by atoms with Crippen LogP contribution in [0.4, 0.5) is 4.79 Å². The average molecular weight is 226 g/mol. The van der Waals surface area contributed by atoms with E-state index in [1.165, 1.54) is 4.90 Å². The highest BCUT2D eigenvalue weighted by Crippen LogP contribution is 2.11. The first-order chi connectivity index (χ1) is 7.28. The van der Waals surface area contributed by atoms with Crippen LogP contribution in [-0.2, 0) is 4.79 Å². The normalized spacial score (nSPS) is 10.4. The first-order valence-corrected chi connectivity index (χ1v) is 4.97. The van der Waals surface area contributed by atoms with Gasteiger partial charge < -0.3 is 15.3 Å². The fourth-order valence-corrected chi connectivity index (χ4v) is 1.08. The van der Waals surface area contributed by atoms with Crippen LogP contribution < -0.4 is 5.32 Å². The van der Waals surface area contributed by atoms with Gasteiger partial charge in [0.1, 0.15) is 0 Å². The Labute approximate surface area is 95.8 Å². The van der Waals surface area contributed by atoms with Gasteiger partial charge in [-0.25, -0.2) is 4.79 Å². The molecule has 0 saturated carbocycles. The lowest BCUT2D eigenvalue weighted by molar-refractivity contribution is -0.137. The highest BCUT2D eigenvalue weighted by molar-refractivity contribution is 5.75. The third kappa shape index (κ3) is 5.91. The van der Waals surface area contributed by atoms with Gasteiger partial charge in [-0.15, -0.1) is 6.42 Å². The summed E-state index contributed by atoms with van der Waals surface area (Å²) in [6, 6.07) is -0.298. The van der Waals surface area contributed by atoms with Gasteiger partial charge in [-0.3, -0.25) is 4.79 Å². The van der Waals surface area contributed by atoms with E-state index in [1.807, 2.05) is 0 Å². The van der Waals surface area contributed by atoms with E-state index in [1.54, 1.807) is 20.9 Å². The third-order valence-corrected chi connectivity index (χ3v) is 2.08. The quantitative estimate of drug-likeness (QED) is 0.684. The van der Waals surface area contributed by atoms with Gasteiger partial charge in [0.25, 0.3) is 0 Å². The maximum absolute atomic E-state index is 11.6. The van der Waals surface area contributed by atoms with Crippen molar-refractivity contribution in [3.05, 3.63) is 0 Å². The second-order valence-electron chi connectivity index (χ2n) is 4.27. The summed E-state index contributed by atoms with van der Waals surface area (Å²) in [6.45, 7) is 3.77. The number of amides is 2. The molecule has 0 rings (SSSR count). The SMILES string of the molecule is C#CCN(C)C(=O)NC(C)(C)CCC(=O)O. The molecule has 90 valence electrons. The first kappa shape index (κ1) is 14.3. The molecule has 0 heterocycles. The van der Waals surface area contributed by atoms with Crippen LogP contribution in [0.3, 0.4) is 0 Å². The Kier molecular flexibility index (Phi) is 5.37. The number of hydrogen-bond acceptors (Lipinski definition) is 2. The monoisotopic (exact) mass is 226 g/mol. The Morgan fingerprint density at radius 2 is 2.06 bits per heavy atom. The van der Waals surface area contributed by atoms with E-state index < -0.39 is 11.5 Å². The summed E-state index contributed by atoms with van der Waals surface area (Å²) in [5.41, 5.74) is -0.557. The van der Waals surface area contributed by atoms with E-state index in [0.717, 1.165) is 0 Å². The molecule has 0 aliphatic carbocycles. The highest BCUT2D eigenvalue weighted by atomic mass is 16.4. The number of aliphatic carboxylic acids is 1. The molecule has 0 fully saturated rings. The van der Waals surface area contributed by atoms with Crippen molar-refractivity contribution in [3.63, 3.8) is 0 Å². The van der Waals surface area contributed by atoms with Crippen LogP contribution in [0.1, 0.15) is 26.7 Å². The zero-order chi connectivity index (χ0) is 12.8. The van der Waals surface area contributed by atoms with Crippen LogP contribution in [0, 0.1) is 12.3 Å². The molecule has 0 spiro atoms. The summed E-state index contributed by atoms with van der Waals surface area (Å²) in [6.07, 6.45) is 5.47. The topological polar surface area (TPSA) is 69.6 Å². The lowest BCUT2D eigenvalue weighted by Gasteiger charge is -2.28. The van der Waals surface area contributed by atoms with Gasteiger partial charge in [-0.2, -0.15) is 0 Å². The highest BCUT2D eigenvalue weighted by Gasteiger charge is 2.22. The van der Waals surface area contributed by atoms with Gasteiger partial charge in [0, 0.05) is 19.0 Å². The maximum Gasteiger partial charge on any atom is 0.318 e. The largest absolute Gasteiger partial charge is 0.481 e. The van der Waals surface area contributed by atoms with Gasteiger partial charge >= 0.3 is 12.0 Å². The summed E-state index contributed by atoms with van der Waals surface area (Å²) in [5, 5.41) is 11.3. The molecular formula is C11H18N2O3.